The normalized spacial score (nSPS) is 30.1. The number of thioether (sulfide) groups is 2. The molecule has 26 heavy (non-hydrogen) atoms. The maximum atomic E-state index is 12.0. The summed E-state index contributed by atoms with van der Waals surface area (Å²) < 4.78 is 0. The zero-order valence-electron chi connectivity index (χ0n) is 14.6. The Balaban J connectivity index is 1.21. The van der Waals surface area contributed by atoms with Gasteiger partial charge in [-0.1, -0.05) is 6.42 Å². The number of rotatable bonds is 10. The number of ketones is 1. The lowest BCUT2D eigenvalue weighted by atomic mass is 10.0. The number of hydrogen-bond donors (Lipinski definition) is 3. The number of carbonyl (C=O) groups is 4. The molecule has 3 saturated heterocycles. The van der Waals surface area contributed by atoms with Crippen LogP contribution in [0.4, 0.5) is 4.79 Å². The van der Waals surface area contributed by atoms with Gasteiger partial charge in [0.2, 0.25) is 11.8 Å². The predicted octanol–water partition coefficient (Wildman–Crippen LogP) is 1.21. The topological polar surface area (TPSA) is 104 Å². The maximum absolute atomic E-state index is 12.0. The van der Waals surface area contributed by atoms with Gasteiger partial charge >= 0.3 is 6.03 Å². The molecule has 0 bridgehead atoms. The van der Waals surface area contributed by atoms with Crippen molar-refractivity contribution in [1.82, 2.24) is 16.0 Å². The number of Topliss-reactive ketones (excluding diaryl/α,β-unsaturated/α-hetero) is 1. The predicted molar refractivity (Wildman–Crippen MR) is 102 cm³/mol. The summed E-state index contributed by atoms with van der Waals surface area (Å²) >= 11 is 3.37. The zero-order chi connectivity index (χ0) is 18.5. The molecule has 9 heteroatoms. The minimum absolute atomic E-state index is 0.0576. The molecule has 3 rings (SSSR count). The summed E-state index contributed by atoms with van der Waals surface area (Å²) in [5.74, 6) is 1.56. The van der Waals surface area contributed by atoms with Gasteiger partial charge in [0.15, 0.2) is 0 Å². The van der Waals surface area contributed by atoms with E-state index in [-0.39, 0.29) is 47.4 Å². The van der Waals surface area contributed by atoms with E-state index in [1.807, 2.05) is 11.8 Å². The molecule has 2 unspecified atom stereocenters. The Hall–Kier alpha value is -1.22. The second-order valence-electron chi connectivity index (χ2n) is 6.99. The average Bonchev–Trinajstić information content (AvgIpc) is 3.23. The van der Waals surface area contributed by atoms with Crippen molar-refractivity contribution >= 4 is 47.2 Å². The molecule has 3 fully saturated rings. The number of carbonyl (C=O) groups excluding carboxylic acids is 4. The van der Waals surface area contributed by atoms with Crippen molar-refractivity contribution in [1.29, 1.82) is 0 Å². The number of hydrogen-bond acceptors (Lipinski definition) is 6. The van der Waals surface area contributed by atoms with Crippen molar-refractivity contribution in [3.05, 3.63) is 0 Å². The molecular weight excluding hydrogens is 374 g/mol. The first-order valence-corrected chi connectivity index (χ1v) is 11.3. The SMILES string of the molecule is O=C(CCCCC1SC[C@@H]2NC(=O)N[C@H]12)CCCSC1CC(=O)NC1=O. The Labute approximate surface area is 161 Å². The van der Waals surface area contributed by atoms with Crippen molar-refractivity contribution in [3.8, 4) is 0 Å². The number of fused-ring (bicyclic) bond motifs is 1. The number of unbranched alkanes of at least 4 members (excludes halogenated alkanes) is 1. The van der Waals surface area contributed by atoms with Gasteiger partial charge in [0, 0.05) is 30.3 Å². The van der Waals surface area contributed by atoms with Gasteiger partial charge in [-0.3, -0.25) is 19.7 Å². The lowest BCUT2D eigenvalue weighted by molar-refractivity contribution is -0.124. The minimum atomic E-state index is -0.282. The van der Waals surface area contributed by atoms with E-state index in [0.29, 0.717) is 18.1 Å². The number of urea groups is 1. The fraction of sp³-hybridized carbons (Fsp3) is 0.765. The molecule has 0 aromatic rings. The van der Waals surface area contributed by atoms with Crippen LogP contribution in [0.1, 0.15) is 44.9 Å². The van der Waals surface area contributed by atoms with Gasteiger partial charge in [-0.25, -0.2) is 4.79 Å². The smallest absolute Gasteiger partial charge is 0.315 e. The first-order chi connectivity index (χ1) is 12.5. The molecule has 144 valence electrons. The summed E-state index contributed by atoms with van der Waals surface area (Å²) in [4.78, 5) is 45.8. The molecule has 0 spiro atoms. The molecule has 0 aromatic heterocycles. The third-order valence-corrected chi connectivity index (χ3v) is 7.79. The van der Waals surface area contributed by atoms with Crippen LogP contribution in [0.25, 0.3) is 0 Å². The Morgan fingerprint density at radius 2 is 1.92 bits per heavy atom. The van der Waals surface area contributed by atoms with Crippen LogP contribution in [0.3, 0.4) is 0 Å². The highest BCUT2D eigenvalue weighted by atomic mass is 32.2. The molecule has 4 amide bonds. The van der Waals surface area contributed by atoms with Crippen LogP contribution in [-0.4, -0.2) is 57.7 Å². The fourth-order valence-corrected chi connectivity index (χ4v) is 6.21. The molecule has 3 N–H and O–H groups in total. The fourth-order valence-electron chi connectivity index (χ4n) is 3.60. The van der Waals surface area contributed by atoms with Gasteiger partial charge in [-0.2, -0.15) is 11.8 Å². The summed E-state index contributed by atoms with van der Waals surface area (Å²) in [5.41, 5.74) is 0. The van der Waals surface area contributed by atoms with Crippen LogP contribution < -0.4 is 16.0 Å². The number of imide groups is 1. The van der Waals surface area contributed by atoms with Gasteiger partial charge in [-0.15, -0.1) is 11.8 Å². The summed E-state index contributed by atoms with van der Waals surface area (Å²) in [6.07, 6.45) is 5.07. The van der Waals surface area contributed by atoms with Crippen LogP contribution >= 0.6 is 23.5 Å². The highest BCUT2D eigenvalue weighted by Crippen LogP contribution is 2.33. The van der Waals surface area contributed by atoms with Crippen LogP contribution in [0.15, 0.2) is 0 Å². The molecule has 3 aliphatic heterocycles. The number of amides is 4. The van der Waals surface area contributed by atoms with Gasteiger partial charge < -0.3 is 10.6 Å². The standard InChI is InChI=1S/C17H25N3O4S2/c21-10(5-3-7-25-13-8-14(22)19-16(13)23)4-1-2-6-12-15-11(9-26-12)18-17(24)20-15/h11-13,15H,1-9H2,(H2,18,20,24)(H,19,22,23)/t11-,12?,13?,15-/m0/s1. The summed E-state index contributed by atoms with van der Waals surface area (Å²) in [5, 5.41) is 8.39. The Morgan fingerprint density at radius 1 is 1.12 bits per heavy atom. The second kappa shape index (κ2) is 9.12. The van der Waals surface area contributed by atoms with Crippen molar-refractivity contribution in [2.45, 2.75) is 67.5 Å². The Bertz CT molecular complexity index is 586. The first-order valence-electron chi connectivity index (χ1n) is 9.18. The van der Waals surface area contributed by atoms with Gasteiger partial charge in [-0.05, 0) is 25.0 Å². The van der Waals surface area contributed by atoms with Crippen molar-refractivity contribution in [2.24, 2.45) is 0 Å². The highest BCUT2D eigenvalue weighted by molar-refractivity contribution is 8.00. The third kappa shape index (κ3) is 5.16. The van der Waals surface area contributed by atoms with Crippen LogP contribution in [0.2, 0.25) is 0 Å². The summed E-state index contributed by atoms with van der Waals surface area (Å²) in [6, 6.07) is 0.437. The van der Waals surface area contributed by atoms with E-state index >= 15 is 0 Å². The quantitative estimate of drug-likeness (QED) is 0.290. The zero-order valence-corrected chi connectivity index (χ0v) is 16.3. The maximum Gasteiger partial charge on any atom is 0.315 e. The van der Waals surface area contributed by atoms with E-state index < -0.39 is 0 Å². The summed E-state index contributed by atoms with van der Waals surface area (Å²) in [6.45, 7) is 0. The van der Waals surface area contributed by atoms with Gasteiger partial charge in [0.1, 0.15) is 5.78 Å². The van der Waals surface area contributed by atoms with E-state index in [4.69, 9.17) is 0 Å². The third-order valence-electron chi connectivity index (χ3n) is 4.98. The second-order valence-corrected chi connectivity index (χ2v) is 9.57. The molecule has 3 heterocycles. The van der Waals surface area contributed by atoms with Crippen LogP contribution in [0, 0.1) is 0 Å². The molecule has 0 radical (unpaired) electrons. The van der Waals surface area contributed by atoms with Crippen molar-refractivity contribution < 1.29 is 19.2 Å². The average molecular weight is 400 g/mol. The lowest BCUT2D eigenvalue weighted by Crippen LogP contribution is -2.36. The first kappa shape index (κ1) is 19.5. The highest BCUT2D eigenvalue weighted by Gasteiger charge is 2.42. The van der Waals surface area contributed by atoms with E-state index in [0.717, 1.165) is 37.2 Å². The molecule has 0 aliphatic carbocycles. The Kier molecular flexibility index (Phi) is 6.86. The van der Waals surface area contributed by atoms with E-state index in [1.54, 1.807) is 0 Å². The molecular formula is C17H25N3O4S2. The Morgan fingerprint density at radius 3 is 2.69 bits per heavy atom. The van der Waals surface area contributed by atoms with E-state index in [1.165, 1.54) is 11.8 Å². The molecule has 4 atom stereocenters. The largest absolute Gasteiger partial charge is 0.332 e. The van der Waals surface area contributed by atoms with Crippen LogP contribution in [-0.2, 0) is 14.4 Å². The number of nitrogens with one attached hydrogen (secondary N) is 3. The monoisotopic (exact) mass is 399 g/mol. The van der Waals surface area contributed by atoms with Crippen molar-refractivity contribution in [3.63, 3.8) is 0 Å². The van der Waals surface area contributed by atoms with E-state index in [2.05, 4.69) is 16.0 Å². The van der Waals surface area contributed by atoms with Crippen LogP contribution in [0.5, 0.6) is 0 Å². The van der Waals surface area contributed by atoms with Gasteiger partial charge in [0.25, 0.3) is 0 Å². The molecule has 7 nitrogen and oxygen atoms in total. The van der Waals surface area contributed by atoms with Gasteiger partial charge in [0.05, 0.1) is 17.3 Å². The van der Waals surface area contributed by atoms with Crippen molar-refractivity contribution in [2.75, 3.05) is 11.5 Å². The molecule has 3 aliphatic rings. The van der Waals surface area contributed by atoms with E-state index in [9.17, 15) is 19.2 Å². The molecule has 0 saturated carbocycles. The molecule has 0 aromatic carbocycles. The summed E-state index contributed by atoms with van der Waals surface area (Å²) in [7, 11) is 0. The minimum Gasteiger partial charge on any atom is -0.332 e. The lowest BCUT2D eigenvalue weighted by Gasteiger charge is -2.16.